The van der Waals surface area contributed by atoms with Gasteiger partial charge in [0.25, 0.3) is 20.0 Å². The molecule has 0 heterocycles. The predicted octanol–water partition coefficient (Wildman–Crippen LogP) is 3.86. The van der Waals surface area contributed by atoms with Gasteiger partial charge in [0.1, 0.15) is 5.71 Å². The molecule has 0 radical (unpaired) electrons. The largest absolute Gasteiger partial charge is 0.441 e. The third-order valence-electron chi connectivity index (χ3n) is 6.97. The molecule has 0 saturated carbocycles. The van der Waals surface area contributed by atoms with Crippen LogP contribution in [0, 0.1) is 13.8 Å². The Hall–Kier alpha value is -4.94. The van der Waals surface area contributed by atoms with Gasteiger partial charge in [0.15, 0.2) is 0 Å². The molecule has 2 aliphatic rings. The number of aryl methyl sites for hydroxylation is 2. The maximum Gasteiger partial charge on any atom is 0.304 e. The van der Waals surface area contributed by atoms with E-state index in [1.807, 2.05) is 0 Å². The number of nitrogens with zero attached hydrogens (tertiary/aromatic N) is 1. The van der Waals surface area contributed by atoms with Crippen LogP contribution in [-0.2, 0) is 44.8 Å². The van der Waals surface area contributed by atoms with Crippen molar-refractivity contribution in [2.24, 2.45) is 4.40 Å². The van der Waals surface area contributed by atoms with E-state index < -0.39 is 54.5 Å². The molecule has 1 atom stereocenters. The topological polar surface area (TPSA) is 153 Å². The molecule has 3 aromatic rings. The molecule has 0 amide bonds. The number of fused-ring (bicyclic) bond motifs is 1. The molecule has 3 aromatic carbocycles. The number of sulfonamides is 2. The van der Waals surface area contributed by atoms with Crippen LogP contribution in [0.5, 0.6) is 0 Å². The number of carbonyl (C=O) groups excluding carboxylic acids is 3. The first-order valence-corrected chi connectivity index (χ1v) is 16.2. The van der Waals surface area contributed by atoms with Gasteiger partial charge < -0.3 is 4.74 Å². The summed E-state index contributed by atoms with van der Waals surface area (Å²) in [5.41, 5.74) is -1.67. The molecule has 0 fully saturated rings. The van der Waals surface area contributed by atoms with E-state index in [2.05, 4.69) is 9.12 Å². The lowest BCUT2D eigenvalue weighted by atomic mass is 9.73. The quantitative estimate of drug-likeness (QED) is 0.305. The summed E-state index contributed by atoms with van der Waals surface area (Å²) in [7, 11) is -8.77. The van der Waals surface area contributed by atoms with Crippen LogP contribution in [0.4, 0.5) is 0 Å². The molecule has 0 aromatic heterocycles. The molecule has 1 unspecified atom stereocenters. The van der Waals surface area contributed by atoms with Gasteiger partial charge in [0.05, 0.1) is 21.1 Å². The van der Waals surface area contributed by atoms with Crippen LogP contribution in [-0.4, -0.2) is 40.1 Å². The second kappa shape index (κ2) is 11.3. The van der Waals surface area contributed by atoms with Crippen molar-refractivity contribution in [1.29, 1.82) is 0 Å². The summed E-state index contributed by atoms with van der Waals surface area (Å²) in [6.07, 6.45) is 4.64. The molecule has 44 heavy (non-hydrogen) atoms. The highest BCUT2D eigenvalue weighted by molar-refractivity contribution is 7.90. The molecule has 0 saturated heterocycles. The minimum absolute atomic E-state index is 0.113. The Morgan fingerprint density at radius 2 is 1.39 bits per heavy atom. The van der Waals surface area contributed by atoms with Crippen LogP contribution < -0.4 is 4.72 Å². The van der Waals surface area contributed by atoms with Gasteiger partial charge >= 0.3 is 5.97 Å². The molecule has 2 aliphatic carbocycles. The number of allylic oxidation sites excluding steroid dienone is 2. The van der Waals surface area contributed by atoms with Crippen LogP contribution in [0.1, 0.15) is 29.2 Å². The summed E-state index contributed by atoms with van der Waals surface area (Å²) >= 11 is 0. The zero-order valence-electron chi connectivity index (χ0n) is 23.8. The van der Waals surface area contributed by atoms with Crippen molar-refractivity contribution in [3.05, 3.63) is 125 Å². The van der Waals surface area contributed by atoms with Gasteiger partial charge in [0.2, 0.25) is 17.2 Å². The lowest BCUT2D eigenvalue weighted by Crippen LogP contribution is -2.47. The van der Waals surface area contributed by atoms with Crippen LogP contribution in [0.3, 0.4) is 0 Å². The zero-order chi connectivity index (χ0) is 31.9. The van der Waals surface area contributed by atoms with Crippen molar-refractivity contribution in [2.45, 2.75) is 36.2 Å². The lowest BCUT2D eigenvalue weighted by molar-refractivity contribution is -0.161. The average molecular weight is 631 g/mol. The molecule has 0 spiro atoms. The van der Waals surface area contributed by atoms with Crippen molar-refractivity contribution in [3.8, 4) is 0 Å². The van der Waals surface area contributed by atoms with Gasteiger partial charge in [-0.1, -0.05) is 65.7 Å². The van der Waals surface area contributed by atoms with E-state index in [0.717, 1.165) is 36.3 Å². The summed E-state index contributed by atoms with van der Waals surface area (Å²) in [5.74, 6) is -2.78. The summed E-state index contributed by atoms with van der Waals surface area (Å²) < 4.78 is 65.1. The van der Waals surface area contributed by atoms with E-state index in [1.54, 1.807) is 56.3 Å². The van der Waals surface area contributed by atoms with E-state index in [-0.39, 0.29) is 21.1 Å². The smallest absolute Gasteiger partial charge is 0.304 e. The molecule has 0 aliphatic heterocycles. The summed E-state index contributed by atoms with van der Waals surface area (Å²) in [6.45, 7) is 4.60. The standard InChI is InChI=1S/C32H26N2O8S2/c1-20-8-13-25(14-9-20)43(38,39)33-24-18-28(31(37)29(19-24)34-44(40,41)26-15-10-21(2)11-16-26)32(42-22(3)35)27-7-5-4-6-23(27)12-17-30(32)36/h4-19,33H,1-3H3. The number of ether oxygens (including phenoxy) is 1. The Morgan fingerprint density at radius 3 is 2.00 bits per heavy atom. The van der Waals surface area contributed by atoms with E-state index in [4.69, 9.17) is 4.74 Å². The minimum Gasteiger partial charge on any atom is -0.441 e. The molecule has 10 nitrogen and oxygen atoms in total. The minimum atomic E-state index is -4.49. The first-order valence-electron chi connectivity index (χ1n) is 13.2. The fourth-order valence-electron chi connectivity index (χ4n) is 4.86. The molecule has 1 N–H and O–H groups in total. The number of carbonyl (C=O) groups is 3. The Labute approximate surface area is 254 Å². The van der Waals surface area contributed by atoms with Crippen molar-refractivity contribution in [3.63, 3.8) is 0 Å². The van der Waals surface area contributed by atoms with Gasteiger partial charge in [0, 0.05) is 12.5 Å². The van der Waals surface area contributed by atoms with Crippen LogP contribution in [0.2, 0.25) is 0 Å². The molecular formula is C32H26N2O8S2. The van der Waals surface area contributed by atoms with Gasteiger partial charge in [-0.15, -0.1) is 0 Å². The van der Waals surface area contributed by atoms with Crippen molar-refractivity contribution in [2.75, 3.05) is 0 Å². The number of rotatable bonds is 7. The average Bonchev–Trinajstić information content (AvgIpc) is 2.96. The first-order chi connectivity index (χ1) is 20.7. The maximum atomic E-state index is 14.1. The lowest BCUT2D eigenvalue weighted by Gasteiger charge is -2.36. The highest BCUT2D eigenvalue weighted by atomic mass is 32.2. The Morgan fingerprint density at radius 1 is 0.795 bits per heavy atom. The normalized spacial score (nSPS) is 19.2. The maximum absolute atomic E-state index is 14.1. The van der Waals surface area contributed by atoms with E-state index >= 15 is 0 Å². The third kappa shape index (κ3) is 5.69. The highest BCUT2D eigenvalue weighted by Crippen LogP contribution is 2.43. The third-order valence-corrected chi connectivity index (χ3v) is 9.67. The summed E-state index contributed by atoms with van der Waals surface area (Å²) in [6, 6.07) is 18.0. The second-order valence-corrected chi connectivity index (χ2v) is 13.5. The number of hydrogen-bond acceptors (Lipinski definition) is 8. The van der Waals surface area contributed by atoms with Gasteiger partial charge in [-0.25, -0.2) is 8.42 Å². The number of Topliss-reactive ketones (excluding diaryl/α,β-unsaturated/α-hetero) is 1. The second-order valence-electron chi connectivity index (χ2n) is 10.2. The Balaban J connectivity index is 1.74. The fraction of sp³-hybridized carbons (Fsp3) is 0.125. The van der Waals surface area contributed by atoms with Crippen LogP contribution >= 0.6 is 0 Å². The molecule has 5 rings (SSSR count). The number of esters is 1. The Bertz CT molecular complexity index is 2060. The Kier molecular flexibility index (Phi) is 7.83. The monoisotopic (exact) mass is 630 g/mol. The number of ketones is 2. The summed E-state index contributed by atoms with van der Waals surface area (Å²) in [5, 5.41) is 0. The van der Waals surface area contributed by atoms with E-state index in [0.29, 0.717) is 5.56 Å². The van der Waals surface area contributed by atoms with Gasteiger partial charge in [-0.3, -0.25) is 19.1 Å². The highest BCUT2D eigenvalue weighted by Gasteiger charge is 2.52. The number of hydrogen-bond donors (Lipinski definition) is 1. The van der Waals surface area contributed by atoms with Gasteiger partial charge in [-0.05, 0) is 61.9 Å². The first kappa shape index (κ1) is 30.5. The van der Waals surface area contributed by atoms with E-state index in [1.165, 1.54) is 36.4 Å². The summed E-state index contributed by atoms with van der Waals surface area (Å²) in [4.78, 5) is 39.9. The molecule has 12 heteroatoms. The van der Waals surface area contributed by atoms with Crippen molar-refractivity contribution >= 4 is 49.4 Å². The van der Waals surface area contributed by atoms with Gasteiger partial charge in [-0.2, -0.15) is 12.8 Å². The van der Waals surface area contributed by atoms with Crippen LogP contribution in [0.15, 0.2) is 116 Å². The zero-order valence-corrected chi connectivity index (χ0v) is 25.4. The number of nitrogens with one attached hydrogen (secondary N) is 1. The SMILES string of the molecule is CC(=O)OC1(C2=CC(NS(=O)(=O)c3ccc(C)cc3)=CC(=NS(=O)(=O)c3ccc(C)cc3)C2=O)C(=O)C=Cc2ccccc21. The predicted molar refractivity (Wildman–Crippen MR) is 162 cm³/mol. The molecule has 0 bridgehead atoms. The fourth-order valence-corrected chi connectivity index (χ4v) is 6.88. The number of benzene rings is 3. The van der Waals surface area contributed by atoms with Crippen LogP contribution in [0.25, 0.3) is 6.08 Å². The van der Waals surface area contributed by atoms with Crippen molar-refractivity contribution < 1.29 is 36.0 Å². The van der Waals surface area contributed by atoms with Crippen molar-refractivity contribution in [1.82, 2.24) is 4.72 Å². The molecule has 224 valence electrons. The molecular weight excluding hydrogens is 604 g/mol. The van der Waals surface area contributed by atoms with E-state index in [9.17, 15) is 31.2 Å².